The monoisotopic (exact) mass is 280 g/mol. The van der Waals surface area contributed by atoms with Gasteiger partial charge >= 0.3 is 0 Å². The standard InChI is InChI=1S/C11H15Cl3N2/c1-3-4-5-6-16(2)11-9(13)7-8(12)10(14)15-11/h7H,3-6H2,1-2H3. The van der Waals surface area contributed by atoms with E-state index in [1.165, 1.54) is 12.8 Å². The second-order valence-corrected chi connectivity index (χ2v) is 4.87. The number of unbranched alkanes of at least 4 members (excludes halogenated alkanes) is 2. The number of hydrogen-bond donors (Lipinski definition) is 0. The van der Waals surface area contributed by atoms with Gasteiger partial charge in [-0.1, -0.05) is 54.6 Å². The first-order valence-electron chi connectivity index (χ1n) is 5.29. The summed E-state index contributed by atoms with van der Waals surface area (Å²) in [5.74, 6) is 0.687. The topological polar surface area (TPSA) is 16.1 Å². The van der Waals surface area contributed by atoms with Crippen molar-refractivity contribution in [3.63, 3.8) is 0 Å². The molecule has 0 N–H and O–H groups in total. The molecule has 0 spiro atoms. The number of pyridine rings is 1. The van der Waals surface area contributed by atoms with Crippen LogP contribution in [0.15, 0.2) is 6.07 Å². The molecule has 0 fully saturated rings. The Hall–Kier alpha value is -0.180. The molecule has 1 heterocycles. The van der Waals surface area contributed by atoms with E-state index in [-0.39, 0.29) is 0 Å². The fourth-order valence-corrected chi connectivity index (χ4v) is 2.05. The van der Waals surface area contributed by atoms with Crippen molar-refractivity contribution >= 4 is 40.6 Å². The lowest BCUT2D eigenvalue weighted by Crippen LogP contribution is -2.20. The van der Waals surface area contributed by atoms with Crippen LogP contribution in [0.5, 0.6) is 0 Å². The van der Waals surface area contributed by atoms with E-state index < -0.39 is 0 Å². The zero-order valence-electron chi connectivity index (χ0n) is 9.43. The quantitative estimate of drug-likeness (QED) is 0.576. The first-order chi connectivity index (χ1) is 7.56. The number of rotatable bonds is 5. The molecule has 1 aromatic rings. The largest absolute Gasteiger partial charge is 0.358 e. The highest BCUT2D eigenvalue weighted by Crippen LogP contribution is 2.30. The van der Waals surface area contributed by atoms with Crippen LogP contribution in [-0.4, -0.2) is 18.6 Å². The zero-order chi connectivity index (χ0) is 12.1. The van der Waals surface area contributed by atoms with Crippen LogP contribution in [0.25, 0.3) is 0 Å². The molecule has 0 saturated heterocycles. The first-order valence-corrected chi connectivity index (χ1v) is 6.42. The van der Waals surface area contributed by atoms with Crippen molar-refractivity contribution < 1.29 is 0 Å². The summed E-state index contributed by atoms with van der Waals surface area (Å²) < 4.78 is 0. The highest BCUT2D eigenvalue weighted by molar-refractivity contribution is 6.42. The summed E-state index contributed by atoms with van der Waals surface area (Å²) >= 11 is 17.7. The van der Waals surface area contributed by atoms with Gasteiger partial charge < -0.3 is 4.90 Å². The average Bonchev–Trinajstić information content (AvgIpc) is 2.23. The van der Waals surface area contributed by atoms with Gasteiger partial charge in [-0.2, -0.15) is 0 Å². The molecule has 0 aromatic carbocycles. The molecule has 0 bridgehead atoms. The van der Waals surface area contributed by atoms with Crippen LogP contribution in [0, 0.1) is 0 Å². The molecule has 1 rings (SSSR count). The van der Waals surface area contributed by atoms with Gasteiger partial charge in [0.05, 0.1) is 10.0 Å². The van der Waals surface area contributed by atoms with Gasteiger partial charge in [-0.15, -0.1) is 0 Å². The van der Waals surface area contributed by atoms with Crippen molar-refractivity contribution in [3.05, 3.63) is 21.3 Å². The van der Waals surface area contributed by atoms with E-state index in [0.29, 0.717) is 21.0 Å². The van der Waals surface area contributed by atoms with Crippen molar-refractivity contribution in [2.75, 3.05) is 18.5 Å². The van der Waals surface area contributed by atoms with E-state index >= 15 is 0 Å². The summed E-state index contributed by atoms with van der Waals surface area (Å²) in [6.45, 7) is 3.09. The lowest BCUT2D eigenvalue weighted by Gasteiger charge is -2.19. The average molecular weight is 282 g/mol. The van der Waals surface area contributed by atoms with Crippen molar-refractivity contribution in [2.45, 2.75) is 26.2 Å². The van der Waals surface area contributed by atoms with E-state index in [1.807, 2.05) is 11.9 Å². The maximum Gasteiger partial charge on any atom is 0.150 e. The van der Waals surface area contributed by atoms with Crippen LogP contribution in [0.1, 0.15) is 26.2 Å². The second-order valence-electron chi connectivity index (χ2n) is 3.70. The molecule has 1 aromatic heterocycles. The molecule has 0 unspecified atom stereocenters. The summed E-state index contributed by atoms with van der Waals surface area (Å²) in [5.41, 5.74) is 0. The number of anilines is 1. The van der Waals surface area contributed by atoms with E-state index in [4.69, 9.17) is 34.8 Å². The van der Waals surface area contributed by atoms with Crippen LogP contribution >= 0.6 is 34.8 Å². The van der Waals surface area contributed by atoms with Crippen molar-refractivity contribution in [1.29, 1.82) is 0 Å². The third-order valence-electron chi connectivity index (χ3n) is 2.33. The Bertz CT molecular complexity index is 355. The maximum absolute atomic E-state index is 6.06. The zero-order valence-corrected chi connectivity index (χ0v) is 11.7. The lowest BCUT2D eigenvalue weighted by molar-refractivity contribution is 0.701. The highest BCUT2D eigenvalue weighted by Gasteiger charge is 2.11. The van der Waals surface area contributed by atoms with Crippen molar-refractivity contribution in [2.24, 2.45) is 0 Å². The van der Waals surface area contributed by atoms with E-state index in [9.17, 15) is 0 Å². The van der Waals surface area contributed by atoms with Gasteiger partial charge in [0.25, 0.3) is 0 Å². The second kappa shape index (κ2) is 6.53. The van der Waals surface area contributed by atoms with Gasteiger partial charge in [0.2, 0.25) is 0 Å². The molecule has 0 radical (unpaired) electrons. The predicted octanol–water partition coefficient (Wildman–Crippen LogP) is 4.67. The Morgan fingerprint density at radius 1 is 1.19 bits per heavy atom. The SMILES string of the molecule is CCCCCN(C)c1nc(Cl)c(Cl)cc1Cl. The Morgan fingerprint density at radius 3 is 2.50 bits per heavy atom. The number of halogens is 3. The molecule has 16 heavy (non-hydrogen) atoms. The first kappa shape index (κ1) is 13.9. The normalized spacial score (nSPS) is 10.6. The van der Waals surface area contributed by atoms with Crippen LogP contribution < -0.4 is 4.90 Å². The number of aromatic nitrogens is 1. The maximum atomic E-state index is 6.06. The summed E-state index contributed by atoms with van der Waals surface area (Å²) in [5, 5.41) is 1.22. The third-order valence-corrected chi connectivity index (χ3v) is 3.28. The molecule has 2 nitrogen and oxygen atoms in total. The van der Waals surface area contributed by atoms with Crippen LogP contribution in [0.3, 0.4) is 0 Å². The van der Waals surface area contributed by atoms with Crippen LogP contribution in [0.4, 0.5) is 5.82 Å². The Balaban J connectivity index is 2.75. The Morgan fingerprint density at radius 2 is 1.88 bits per heavy atom. The summed E-state index contributed by atoms with van der Waals surface area (Å²) in [7, 11) is 1.95. The van der Waals surface area contributed by atoms with Crippen molar-refractivity contribution in [1.82, 2.24) is 4.98 Å². The smallest absolute Gasteiger partial charge is 0.150 e. The van der Waals surface area contributed by atoms with E-state index in [0.717, 1.165) is 13.0 Å². The molecule has 0 aliphatic heterocycles. The fourth-order valence-electron chi connectivity index (χ4n) is 1.41. The summed E-state index contributed by atoms with van der Waals surface area (Å²) in [6, 6.07) is 1.63. The predicted molar refractivity (Wildman–Crippen MR) is 72.1 cm³/mol. The minimum Gasteiger partial charge on any atom is -0.358 e. The highest BCUT2D eigenvalue weighted by atomic mass is 35.5. The van der Waals surface area contributed by atoms with Crippen LogP contribution in [0.2, 0.25) is 15.2 Å². The van der Waals surface area contributed by atoms with Crippen molar-refractivity contribution in [3.8, 4) is 0 Å². The van der Waals surface area contributed by atoms with Gasteiger partial charge in [0.1, 0.15) is 11.0 Å². The molecule has 0 saturated carbocycles. The molecule has 0 aliphatic rings. The Labute approximate surface area is 112 Å². The van der Waals surface area contributed by atoms with Gasteiger partial charge in [-0.3, -0.25) is 0 Å². The number of nitrogens with zero attached hydrogens (tertiary/aromatic N) is 2. The van der Waals surface area contributed by atoms with Gasteiger partial charge in [0, 0.05) is 13.6 Å². The van der Waals surface area contributed by atoms with Gasteiger partial charge in [0.15, 0.2) is 0 Å². The fraction of sp³-hybridized carbons (Fsp3) is 0.545. The molecule has 0 atom stereocenters. The molecule has 0 aliphatic carbocycles. The number of hydrogen-bond acceptors (Lipinski definition) is 2. The minimum absolute atomic E-state index is 0.295. The third kappa shape index (κ3) is 3.69. The molecule has 5 heteroatoms. The molecule has 0 amide bonds. The van der Waals surface area contributed by atoms with Crippen LogP contribution in [-0.2, 0) is 0 Å². The molecular formula is C11H15Cl3N2. The molecule has 90 valence electrons. The Kier molecular flexibility index (Phi) is 5.67. The summed E-state index contributed by atoms with van der Waals surface area (Å²) in [6.07, 6.45) is 3.50. The van der Waals surface area contributed by atoms with Gasteiger partial charge in [-0.05, 0) is 12.5 Å². The van der Waals surface area contributed by atoms with E-state index in [1.54, 1.807) is 6.07 Å². The minimum atomic E-state index is 0.295. The van der Waals surface area contributed by atoms with E-state index in [2.05, 4.69) is 11.9 Å². The lowest BCUT2D eigenvalue weighted by atomic mass is 10.2. The van der Waals surface area contributed by atoms with Gasteiger partial charge in [-0.25, -0.2) is 4.98 Å². The molecular weight excluding hydrogens is 266 g/mol. The summed E-state index contributed by atoms with van der Waals surface area (Å²) in [4.78, 5) is 6.18.